The number of nitrogens with zero attached hydrogens (tertiary/aromatic N) is 2. The minimum atomic E-state index is -5.08. The first kappa shape index (κ1) is 29.6. The molecule has 40 heavy (non-hydrogen) atoms. The third-order valence-corrected chi connectivity index (χ3v) is 7.41. The summed E-state index contributed by atoms with van der Waals surface area (Å²) in [6.07, 6.45) is -3.08. The molecule has 2 saturated heterocycles. The van der Waals surface area contributed by atoms with E-state index in [2.05, 4.69) is 4.90 Å². The number of carboxylic acids is 2. The Balaban J connectivity index is 0.000000470. The molecule has 3 aliphatic rings. The number of aliphatic carboxylic acids is 2. The lowest BCUT2D eigenvalue weighted by atomic mass is 9.86. The summed E-state index contributed by atoms with van der Waals surface area (Å²) in [4.78, 5) is 24.1. The van der Waals surface area contributed by atoms with Crippen molar-refractivity contribution in [3.05, 3.63) is 47.0 Å². The van der Waals surface area contributed by atoms with Gasteiger partial charge in [-0.2, -0.15) is 13.2 Å². The standard InChI is InChI=1S/C24H27ClN2O6.C2HF3O2/c25-16-1-3-21-15(9-16)11-24(33-21)5-7-26(8-6-24)19-12-27(13-20(19)29)18-10-17(28)2-4-22(18)32-14-23(30)31;3-2(4,5)1(6)7/h1-4,9-10,19-20,28-29H,5-8,11-14H2,(H,30,31);(H,6,7)/t19?,20-;/m1./s1. The zero-order valence-corrected chi connectivity index (χ0v) is 21.9. The molecule has 14 heteroatoms. The van der Waals surface area contributed by atoms with E-state index in [0.717, 1.165) is 48.7 Å². The topological polar surface area (TPSA) is 140 Å². The van der Waals surface area contributed by atoms with Crippen LogP contribution in [-0.4, -0.2) is 94.0 Å². The average Bonchev–Trinajstić information content (AvgIpc) is 3.43. The Bertz CT molecular complexity index is 1250. The highest BCUT2D eigenvalue weighted by Gasteiger charge is 2.45. The van der Waals surface area contributed by atoms with Crippen LogP contribution in [-0.2, 0) is 16.0 Å². The summed E-state index contributed by atoms with van der Waals surface area (Å²) in [6.45, 7) is 2.07. The molecule has 0 aliphatic carbocycles. The average molecular weight is 589 g/mol. The zero-order valence-electron chi connectivity index (χ0n) is 21.1. The van der Waals surface area contributed by atoms with Crippen LogP contribution in [0.2, 0.25) is 5.02 Å². The van der Waals surface area contributed by atoms with E-state index in [1.807, 2.05) is 23.1 Å². The van der Waals surface area contributed by atoms with Crippen LogP contribution in [0.3, 0.4) is 0 Å². The number of anilines is 1. The van der Waals surface area contributed by atoms with Crippen molar-refractivity contribution >= 4 is 29.2 Å². The Morgan fingerprint density at radius 1 is 1.10 bits per heavy atom. The number of alkyl halides is 3. The summed E-state index contributed by atoms with van der Waals surface area (Å²) >= 11 is 6.15. The van der Waals surface area contributed by atoms with Crippen molar-refractivity contribution < 1.29 is 52.7 Å². The highest BCUT2D eigenvalue weighted by molar-refractivity contribution is 6.30. The molecule has 0 amide bonds. The molecule has 4 N–H and O–H groups in total. The first-order chi connectivity index (χ1) is 18.8. The SMILES string of the molecule is O=C(O)C(F)(F)F.O=C(O)COc1ccc(O)cc1N1CC(N2CCC3(CC2)Cc2cc(Cl)ccc2O3)[C@H](O)C1. The van der Waals surface area contributed by atoms with Gasteiger partial charge in [0.25, 0.3) is 0 Å². The van der Waals surface area contributed by atoms with Crippen molar-refractivity contribution in [3.63, 3.8) is 0 Å². The lowest BCUT2D eigenvalue weighted by Gasteiger charge is -2.41. The van der Waals surface area contributed by atoms with Crippen LogP contribution in [0.15, 0.2) is 36.4 Å². The van der Waals surface area contributed by atoms with Gasteiger partial charge in [0.05, 0.1) is 17.8 Å². The molecule has 0 aromatic heterocycles. The van der Waals surface area contributed by atoms with Gasteiger partial charge in [0.1, 0.15) is 22.8 Å². The zero-order chi connectivity index (χ0) is 29.2. The molecule has 3 heterocycles. The highest BCUT2D eigenvalue weighted by Crippen LogP contribution is 2.43. The van der Waals surface area contributed by atoms with Crippen molar-refractivity contribution in [1.29, 1.82) is 0 Å². The Labute approximate surface area is 232 Å². The summed E-state index contributed by atoms with van der Waals surface area (Å²) in [5, 5.41) is 37.6. The number of aromatic hydroxyl groups is 1. The molecule has 2 aromatic carbocycles. The molecule has 1 unspecified atom stereocenters. The number of rotatable bonds is 5. The Hall–Kier alpha value is -3.42. The van der Waals surface area contributed by atoms with Gasteiger partial charge < -0.3 is 34.8 Å². The lowest BCUT2D eigenvalue weighted by Crippen LogP contribution is -2.53. The first-order valence-electron chi connectivity index (χ1n) is 12.4. The van der Waals surface area contributed by atoms with Gasteiger partial charge in [0.15, 0.2) is 6.61 Å². The molecular weight excluding hydrogens is 561 g/mol. The lowest BCUT2D eigenvalue weighted by molar-refractivity contribution is -0.192. The number of benzene rings is 2. The van der Waals surface area contributed by atoms with Crippen molar-refractivity contribution in [2.45, 2.75) is 43.2 Å². The van der Waals surface area contributed by atoms with Gasteiger partial charge in [-0.05, 0) is 35.9 Å². The third kappa shape index (κ3) is 6.83. The van der Waals surface area contributed by atoms with Crippen LogP contribution < -0.4 is 14.4 Å². The van der Waals surface area contributed by atoms with Crippen LogP contribution in [0.4, 0.5) is 18.9 Å². The molecule has 0 saturated carbocycles. The second-order valence-electron chi connectivity index (χ2n) is 9.93. The van der Waals surface area contributed by atoms with E-state index in [4.69, 9.17) is 36.1 Å². The summed E-state index contributed by atoms with van der Waals surface area (Å²) < 4.78 is 43.5. The minimum Gasteiger partial charge on any atom is -0.508 e. The summed E-state index contributed by atoms with van der Waals surface area (Å²) in [5.41, 5.74) is 1.52. The number of ether oxygens (including phenoxy) is 2. The predicted octanol–water partition coefficient (Wildman–Crippen LogP) is 3.16. The number of phenols is 1. The fourth-order valence-corrected chi connectivity index (χ4v) is 5.48. The molecule has 10 nitrogen and oxygen atoms in total. The molecule has 1 spiro atoms. The predicted molar refractivity (Wildman–Crippen MR) is 136 cm³/mol. The number of fused-ring (bicyclic) bond motifs is 1. The van der Waals surface area contributed by atoms with E-state index < -0.39 is 30.8 Å². The van der Waals surface area contributed by atoms with Crippen molar-refractivity contribution in [3.8, 4) is 17.2 Å². The van der Waals surface area contributed by atoms with E-state index in [-0.39, 0.29) is 17.4 Å². The number of carboxylic acid groups (broad SMARTS) is 2. The van der Waals surface area contributed by atoms with E-state index in [0.29, 0.717) is 24.5 Å². The summed E-state index contributed by atoms with van der Waals surface area (Å²) in [7, 11) is 0. The monoisotopic (exact) mass is 588 g/mol. The fourth-order valence-electron chi connectivity index (χ4n) is 5.28. The number of aliphatic hydroxyl groups excluding tert-OH is 1. The largest absolute Gasteiger partial charge is 0.508 e. The number of phenolic OH excluding ortho intramolecular Hbond substituents is 1. The molecule has 3 aliphatic heterocycles. The molecular formula is C26H28ClF3N2O8. The first-order valence-corrected chi connectivity index (χ1v) is 12.8. The maximum absolute atomic E-state index is 10.9. The summed E-state index contributed by atoms with van der Waals surface area (Å²) in [6, 6.07) is 10.3. The molecule has 0 radical (unpaired) electrons. The van der Waals surface area contributed by atoms with Crippen LogP contribution in [0.1, 0.15) is 18.4 Å². The van der Waals surface area contributed by atoms with E-state index in [1.54, 1.807) is 12.1 Å². The number of carbonyl (C=O) groups is 2. The van der Waals surface area contributed by atoms with E-state index >= 15 is 0 Å². The van der Waals surface area contributed by atoms with Crippen LogP contribution >= 0.6 is 11.6 Å². The molecule has 2 atom stereocenters. The normalized spacial score (nSPS) is 21.8. The molecule has 0 bridgehead atoms. The van der Waals surface area contributed by atoms with Crippen molar-refractivity contribution in [1.82, 2.24) is 4.90 Å². The number of halogens is 4. The maximum atomic E-state index is 10.9. The molecule has 218 valence electrons. The van der Waals surface area contributed by atoms with Gasteiger partial charge in [0, 0.05) is 56.5 Å². The van der Waals surface area contributed by atoms with Gasteiger partial charge in [-0.3, -0.25) is 4.90 Å². The second kappa shape index (κ2) is 11.6. The smallest absolute Gasteiger partial charge is 0.490 e. The number of piperidine rings is 1. The Kier molecular flexibility index (Phi) is 8.57. The number of hydrogen-bond donors (Lipinski definition) is 4. The van der Waals surface area contributed by atoms with Crippen LogP contribution in [0.5, 0.6) is 17.2 Å². The van der Waals surface area contributed by atoms with Gasteiger partial charge in [-0.1, -0.05) is 11.6 Å². The maximum Gasteiger partial charge on any atom is 0.490 e. The molecule has 2 aromatic rings. The number of hydrogen-bond acceptors (Lipinski definition) is 8. The molecule has 5 rings (SSSR count). The van der Waals surface area contributed by atoms with Gasteiger partial charge in [-0.25, -0.2) is 9.59 Å². The second-order valence-corrected chi connectivity index (χ2v) is 10.4. The van der Waals surface area contributed by atoms with E-state index in [1.165, 1.54) is 6.07 Å². The van der Waals surface area contributed by atoms with Crippen LogP contribution in [0, 0.1) is 0 Å². The van der Waals surface area contributed by atoms with Gasteiger partial charge in [0.2, 0.25) is 0 Å². The summed E-state index contributed by atoms with van der Waals surface area (Å²) in [5.74, 6) is -2.49. The molecule has 2 fully saturated rings. The minimum absolute atomic E-state index is 0.0589. The third-order valence-electron chi connectivity index (χ3n) is 7.18. The Morgan fingerprint density at radius 3 is 2.40 bits per heavy atom. The van der Waals surface area contributed by atoms with E-state index in [9.17, 15) is 28.2 Å². The van der Waals surface area contributed by atoms with Crippen LogP contribution in [0.25, 0.3) is 0 Å². The Morgan fingerprint density at radius 2 is 1.77 bits per heavy atom. The van der Waals surface area contributed by atoms with Crippen molar-refractivity contribution in [2.24, 2.45) is 0 Å². The number of aliphatic hydroxyl groups is 1. The number of β-amino-alcohol motifs (C(OH)–C–C–N with tert-alkyl or cyclic N) is 1. The highest BCUT2D eigenvalue weighted by atomic mass is 35.5. The number of likely N-dealkylation sites (tertiary alicyclic amines) is 1. The van der Waals surface area contributed by atoms with Crippen molar-refractivity contribution in [2.75, 3.05) is 37.7 Å². The fraction of sp³-hybridized carbons (Fsp3) is 0.462. The van der Waals surface area contributed by atoms with Gasteiger partial charge in [-0.15, -0.1) is 0 Å². The quantitative estimate of drug-likeness (QED) is 0.412. The van der Waals surface area contributed by atoms with Gasteiger partial charge >= 0.3 is 18.1 Å².